The molecule has 0 saturated heterocycles. The molecule has 0 unspecified atom stereocenters. The van der Waals surface area contributed by atoms with Gasteiger partial charge in [0.25, 0.3) is 5.91 Å². The molecule has 1 aromatic carbocycles. The molecule has 2 heterocycles. The summed E-state index contributed by atoms with van der Waals surface area (Å²) < 4.78 is 7.09. The van der Waals surface area contributed by atoms with Gasteiger partial charge in [-0.25, -0.2) is 4.98 Å². The molecule has 0 aliphatic carbocycles. The molecule has 0 spiro atoms. The predicted molar refractivity (Wildman–Crippen MR) is 76.5 cm³/mol. The van der Waals surface area contributed by atoms with Crippen molar-refractivity contribution >= 4 is 5.91 Å². The van der Waals surface area contributed by atoms with Crippen LogP contribution in [-0.4, -0.2) is 27.2 Å². The number of nitrogens with zero attached hydrogens (tertiary/aromatic N) is 3. The Morgan fingerprint density at radius 3 is 2.90 bits per heavy atom. The average Bonchev–Trinajstić information content (AvgIpc) is 3.20. The van der Waals surface area contributed by atoms with Gasteiger partial charge in [0.15, 0.2) is 11.5 Å². The minimum Gasteiger partial charge on any atom is -0.355 e. The largest absolute Gasteiger partial charge is 0.355 e. The van der Waals surface area contributed by atoms with Gasteiger partial charge in [-0.1, -0.05) is 35.5 Å². The van der Waals surface area contributed by atoms with Crippen LogP contribution in [0.3, 0.4) is 0 Å². The second-order valence-corrected chi connectivity index (χ2v) is 4.50. The minimum atomic E-state index is -0.249. The van der Waals surface area contributed by atoms with Crippen LogP contribution in [0.15, 0.2) is 59.6 Å². The Bertz CT molecular complexity index is 704. The molecule has 0 atom stereocenters. The lowest BCUT2D eigenvalue weighted by atomic mass is 10.1. The SMILES string of the molecule is O=C(NCCn1ccnc1)c1cc(-c2ccccc2)on1. The molecule has 0 radical (unpaired) electrons. The van der Waals surface area contributed by atoms with Crippen LogP contribution in [0.1, 0.15) is 10.5 Å². The molecule has 3 aromatic rings. The number of hydrogen-bond acceptors (Lipinski definition) is 4. The highest BCUT2D eigenvalue weighted by molar-refractivity contribution is 5.93. The third-order valence-corrected chi connectivity index (χ3v) is 3.02. The number of imidazole rings is 1. The van der Waals surface area contributed by atoms with Crippen LogP contribution in [0.25, 0.3) is 11.3 Å². The first-order valence-electron chi connectivity index (χ1n) is 6.59. The van der Waals surface area contributed by atoms with Gasteiger partial charge in [0.2, 0.25) is 0 Å². The summed E-state index contributed by atoms with van der Waals surface area (Å²) >= 11 is 0. The van der Waals surface area contributed by atoms with E-state index in [2.05, 4.69) is 15.5 Å². The molecule has 3 rings (SSSR count). The van der Waals surface area contributed by atoms with Crippen LogP contribution in [0.2, 0.25) is 0 Å². The van der Waals surface area contributed by atoms with E-state index in [0.717, 1.165) is 5.56 Å². The van der Waals surface area contributed by atoms with Crippen molar-refractivity contribution in [3.63, 3.8) is 0 Å². The van der Waals surface area contributed by atoms with Crippen LogP contribution >= 0.6 is 0 Å². The van der Waals surface area contributed by atoms with Gasteiger partial charge in [0.05, 0.1) is 6.33 Å². The fraction of sp³-hybridized carbons (Fsp3) is 0.133. The van der Waals surface area contributed by atoms with E-state index in [9.17, 15) is 4.79 Å². The normalized spacial score (nSPS) is 10.5. The maximum Gasteiger partial charge on any atom is 0.273 e. The summed E-state index contributed by atoms with van der Waals surface area (Å²) in [4.78, 5) is 15.9. The van der Waals surface area contributed by atoms with Crippen molar-refractivity contribution in [2.75, 3.05) is 6.54 Å². The van der Waals surface area contributed by atoms with E-state index >= 15 is 0 Å². The van der Waals surface area contributed by atoms with E-state index < -0.39 is 0 Å². The van der Waals surface area contributed by atoms with E-state index in [1.165, 1.54) is 0 Å². The van der Waals surface area contributed by atoms with Crippen LogP contribution in [-0.2, 0) is 6.54 Å². The van der Waals surface area contributed by atoms with E-state index in [0.29, 0.717) is 18.8 Å². The summed E-state index contributed by atoms with van der Waals surface area (Å²) in [6.45, 7) is 1.16. The lowest BCUT2D eigenvalue weighted by molar-refractivity contribution is 0.0943. The Kier molecular flexibility index (Phi) is 3.77. The Morgan fingerprint density at radius 1 is 1.29 bits per heavy atom. The molecule has 0 saturated carbocycles. The van der Waals surface area contributed by atoms with Gasteiger partial charge in [0, 0.05) is 37.1 Å². The van der Waals surface area contributed by atoms with Gasteiger partial charge in [-0.15, -0.1) is 0 Å². The summed E-state index contributed by atoms with van der Waals surface area (Å²) in [5.41, 5.74) is 1.17. The molecule has 106 valence electrons. The first-order chi connectivity index (χ1) is 10.3. The van der Waals surface area contributed by atoms with E-state index in [4.69, 9.17) is 4.52 Å². The predicted octanol–water partition coefficient (Wildman–Crippen LogP) is 1.97. The van der Waals surface area contributed by atoms with Crippen LogP contribution in [0, 0.1) is 0 Å². The first-order valence-corrected chi connectivity index (χ1v) is 6.59. The Morgan fingerprint density at radius 2 is 2.14 bits per heavy atom. The second-order valence-electron chi connectivity index (χ2n) is 4.50. The number of aromatic nitrogens is 3. The van der Waals surface area contributed by atoms with Gasteiger partial charge >= 0.3 is 0 Å². The van der Waals surface area contributed by atoms with Gasteiger partial charge in [-0.05, 0) is 0 Å². The highest BCUT2D eigenvalue weighted by Crippen LogP contribution is 2.19. The number of nitrogens with one attached hydrogen (secondary N) is 1. The minimum absolute atomic E-state index is 0.249. The van der Waals surface area contributed by atoms with E-state index in [-0.39, 0.29) is 11.6 Å². The summed E-state index contributed by atoms with van der Waals surface area (Å²) in [5, 5.41) is 6.59. The highest BCUT2D eigenvalue weighted by atomic mass is 16.5. The molecule has 2 aromatic heterocycles. The van der Waals surface area contributed by atoms with Crippen molar-refractivity contribution < 1.29 is 9.32 Å². The number of rotatable bonds is 5. The monoisotopic (exact) mass is 282 g/mol. The number of carbonyl (C=O) groups is 1. The van der Waals surface area contributed by atoms with Crippen molar-refractivity contribution in [2.45, 2.75) is 6.54 Å². The summed E-state index contributed by atoms with van der Waals surface area (Å²) in [7, 11) is 0. The Balaban J connectivity index is 1.59. The zero-order valence-corrected chi connectivity index (χ0v) is 11.3. The van der Waals surface area contributed by atoms with E-state index in [1.54, 1.807) is 18.6 Å². The third-order valence-electron chi connectivity index (χ3n) is 3.02. The van der Waals surface area contributed by atoms with Crippen molar-refractivity contribution in [1.29, 1.82) is 0 Å². The number of carbonyl (C=O) groups excluding carboxylic acids is 1. The fourth-order valence-corrected chi connectivity index (χ4v) is 1.93. The van der Waals surface area contributed by atoms with Crippen molar-refractivity contribution in [3.8, 4) is 11.3 Å². The fourth-order valence-electron chi connectivity index (χ4n) is 1.93. The molecule has 6 nitrogen and oxygen atoms in total. The lowest BCUT2D eigenvalue weighted by Gasteiger charge is -2.03. The Labute approximate surface area is 121 Å². The van der Waals surface area contributed by atoms with Crippen molar-refractivity contribution in [2.24, 2.45) is 0 Å². The van der Waals surface area contributed by atoms with Gasteiger partial charge in [0.1, 0.15) is 0 Å². The maximum absolute atomic E-state index is 12.0. The summed E-state index contributed by atoms with van der Waals surface area (Å²) in [5.74, 6) is 0.330. The quantitative estimate of drug-likeness (QED) is 0.776. The maximum atomic E-state index is 12.0. The highest BCUT2D eigenvalue weighted by Gasteiger charge is 2.12. The molecule has 0 fully saturated rings. The molecule has 0 aliphatic heterocycles. The Hall–Kier alpha value is -2.89. The number of amides is 1. The van der Waals surface area contributed by atoms with Gasteiger partial charge < -0.3 is 14.4 Å². The zero-order chi connectivity index (χ0) is 14.5. The second kappa shape index (κ2) is 6.04. The van der Waals surface area contributed by atoms with Gasteiger partial charge in [-0.3, -0.25) is 4.79 Å². The van der Waals surface area contributed by atoms with E-state index in [1.807, 2.05) is 41.1 Å². The average molecular weight is 282 g/mol. The topological polar surface area (TPSA) is 73.0 Å². The molecular weight excluding hydrogens is 268 g/mol. The molecule has 1 amide bonds. The lowest BCUT2D eigenvalue weighted by Crippen LogP contribution is -2.27. The third kappa shape index (κ3) is 3.17. The smallest absolute Gasteiger partial charge is 0.273 e. The van der Waals surface area contributed by atoms with Crippen LogP contribution < -0.4 is 5.32 Å². The first kappa shape index (κ1) is 13.1. The van der Waals surface area contributed by atoms with Crippen molar-refractivity contribution in [3.05, 3.63) is 60.8 Å². The summed E-state index contributed by atoms with van der Waals surface area (Å²) in [6, 6.07) is 11.2. The zero-order valence-electron chi connectivity index (χ0n) is 11.3. The molecule has 1 N–H and O–H groups in total. The summed E-state index contributed by atoms with van der Waals surface area (Å²) in [6.07, 6.45) is 5.25. The molecule has 6 heteroatoms. The molecular formula is C15H14N4O2. The molecule has 0 bridgehead atoms. The van der Waals surface area contributed by atoms with Crippen molar-refractivity contribution in [1.82, 2.24) is 20.0 Å². The number of benzene rings is 1. The number of hydrogen-bond donors (Lipinski definition) is 1. The van der Waals surface area contributed by atoms with Gasteiger partial charge in [-0.2, -0.15) is 0 Å². The van der Waals surface area contributed by atoms with Crippen LogP contribution in [0.4, 0.5) is 0 Å². The van der Waals surface area contributed by atoms with Crippen LogP contribution in [0.5, 0.6) is 0 Å². The molecule has 0 aliphatic rings. The standard InChI is InChI=1S/C15H14N4O2/c20-15(17-7-9-19-8-6-16-11-19)13-10-14(21-18-13)12-4-2-1-3-5-12/h1-6,8,10-11H,7,9H2,(H,17,20). The molecule has 21 heavy (non-hydrogen) atoms.